The van der Waals surface area contributed by atoms with E-state index < -0.39 is 6.09 Å². The summed E-state index contributed by atoms with van der Waals surface area (Å²) in [5, 5.41) is 13.9. The van der Waals surface area contributed by atoms with Crippen molar-refractivity contribution < 1.29 is 24.3 Å². The van der Waals surface area contributed by atoms with Crippen molar-refractivity contribution in [1.29, 1.82) is 0 Å². The number of carbonyl (C=O) groups is 3. The fourth-order valence-corrected chi connectivity index (χ4v) is 2.48. The molecule has 0 aromatic carbocycles. The fourth-order valence-electron chi connectivity index (χ4n) is 2.05. The lowest BCUT2D eigenvalue weighted by molar-refractivity contribution is -0.129. The summed E-state index contributed by atoms with van der Waals surface area (Å²) in [6.07, 6.45) is 7.87. The van der Waals surface area contributed by atoms with Crippen LogP contribution in [0.25, 0.3) is 0 Å². The Kier molecular flexibility index (Phi) is 17.1. The summed E-state index contributed by atoms with van der Waals surface area (Å²) in [5.74, 6) is -0.305. The number of thioether (sulfide) groups is 1. The number of amides is 3. The van der Waals surface area contributed by atoms with Gasteiger partial charge in [0.2, 0.25) is 11.8 Å². The average Bonchev–Trinajstić information content (AvgIpc) is 2.79. The fraction of sp³-hybridized carbons (Fsp3) is 0.476. The Morgan fingerprint density at radius 3 is 2.56 bits per heavy atom. The van der Waals surface area contributed by atoms with Gasteiger partial charge in [-0.25, -0.2) is 15.3 Å². The smallest absolute Gasteiger partial charge is 0.413 e. The van der Waals surface area contributed by atoms with Crippen LogP contribution in [0.1, 0.15) is 51.5 Å². The molecule has 0 atom stereocenters. The maximum atomic E-state index is 11.5. The van der Waals surface area contributed by atoms with Gasteiger partial charge in [-0.15, -0.1) is 0 Å². The Bertz CT molecular complexity index is 723. The van der Waals surface area contributed by atoms with Gasteiger partial charge >= 0.3 is 6.09 Å². The van der Waals surface area contributed by atoms with Crippen LogP contribution >= 0.6 is 11.8 Å². The van der Waals surface area contributed by atoms with Crippen molar-refractivity contribution in [3.8, 4) is 0 Å². The Labute approximate surface area is 193 Å². The number of aliphatic imine (C=N–C) groups is 1. The van der Waals surface area contributed by atoms with Gasteiger partial charge in [0.1, 0.15) is 6.61 Å². The highest BCUT2D eigenvalue weighted by Crippen LogP contribution is 2.02. The van der Waals surface area contributed by atoms with Crippen LogP contribution in [0.4, 0.5) is 4.79 Å². The van der Waals surface area contributed by atoms with Gasteiger partial charge in [-0.1, -0.05) is 37.8 Å². The van der Waals surface area contributed by atoms with E-state index in [1.54, 1.807) is 37.8 Å². The summed E-state index contributed by atoms with van der Waals surface area (Å²) in [6, 6.07) is 3.62. The molecule has 4 N–H and O–H groups in total. The molecule has 0 bridgehead atoms. The zero-order valence-corrected chi connectivity index (χ0v) is 19.7. The predicted octanol–water partition coefficient (Wildman–Crippen LogP) is 3.14. The van der Waals surface area contributed by atoms with Gasteiger partial charge in [-0.3, -0.25) is 25.1 Å². The minimum absolute atomic E-state index is 0.0538. The molecule has 0 saturated heterocycles. The van der Waals surface area contributed by atoms with Gasteiger partial charge in [0, 0.05) is 43.0 Å². The van der Waals surface area contributed by atoms with Gasteiger partial charge < -0.3 is 10.1 Å². The van der Waals surface area contributed by atoms with Crippen LogP contribution in [0.15, 0.2) is 41.8 Å². The number of hydroxylamine groups is 1. The number of hydrogen-bond acceptors (Lipinski definition) is 8. The Morgan fingerprint density at radius 2 is 2.00 bits per heavy atom. The molecule has 0 aliphatic heterocycles. The first-order chi connectivity index (χ1) is 15.3. The number of rotatable bonds is 10. The molecule has 1 rings (SSSR count). The minimum Gasteiger partial charge on any atom is -0.444 e. The van der Waals surface area contributed by atoms with Crippen molar-refractivity contribution in [1.82, 2.24) is 21.1 Å². The first-order valence-corrected chi connectivity index (χ1v) is 11.3. The molecule has 0 spiro atoms. The number of allylic oxidation sites excluding steroid dienone is 1. The molecule has 0 unspecified atom stereocenters. The van der Waals surface area contributed by atoms with Crippen LogP contribution in [0.3, 0.4) is 0 Å². The maximum Gasteiger partial charge on any atom is 0.413 e. The van der Waals surface area contributed by atoms with E-state index in [4.69, 9.17) is 9.94 Å². The monoisotopic (exact) mass is 467 g/mol. The van der Waals surface area contributed by atoms with Gasteiger partial charge in [0.25, 0.3) is 0 Å². The van der Waals surface area contributed by atoms with Crippen LogP contribution in [0, 0.1) is 0 Å². The highest BCUT2D eigenvalue weighted by molar-refractivity contribution is 8.13. The maximum absolute atomic E-state index is 11.5. The normalized spacial score (nSPS) is 10.3. The number of nitrogens with one attached hydrogen (secondary N) is 3. The van der Waals surface area contributed by atoms with Gasteiger partial charge in [0.15, 0.2) is 5.17 Å². The average molecular weight is 468 g/mol. The van der Waals surface area contributed by atoms with Gasteiger partial charge in [-0.05, 0) is 32.1 Å². The standard InChI is InChI=1S/C12H15N3O2S.C9H18N2O3/c1-9(2)14-11(18-3)15-12(16)17-8-10-5-4-6-13-7-10;1-2-8(12)10-7-5-3-4-6-9(13)11-14/h4-7H,1,8H2,2-3H3,(H,14,15,16);14H,2-7H2,1H3,(H,10,12)(H,11,13). The topological polar surface area (TPSA) is 142 Å². The Morgan fingerprint density at radius 1 is 1.25 bits per heavy atom. The summed E-state index contributed by atoms with van der Waals surface area (Å²) in [4.78, 5) is 40.8. The number of aromatic nitrogens is 1. The first kappa shape index (κ1) is 29.1. The predicted molar refractivity (Wildman–Crippen MR) is 125 cm³/mol. The van der Waals surface area contributed by atoms with Gasteiger partial charge in [0.05, 0.1) is 0 Å². The molecule has 10 nitrogen and oxygen atoms in total. The van der Waals surface area contributed by atoms with E-state index in [0.717, 1.165) is 24.8 Å². The lowest BCUT2D eigenvalue weighted by Gasteiger charge is -2.07. The molecule has 178 valence electrons. The molecule has 0 aliphatic rings. The number of alkyl carbamates (subject to hydrolysis) is 1. The van der Waals surface area contributed by atoms with E-state index in [-0.39, 0.29) is 18.4 Å². The molecule has 32 heavy (non-hydrogen) atoms. The van der Waals surface area contributed by atoms with E-state index in [0.29, 0.717) is 30.3 Å². The Balaban J connectivity index is 0.000000622. The highest BCUT2D eigenvalue weighted by atomic mass is 32.2. The van der Waals surface area contributed by atoms with Crippen molar-refractivity contribution in [3.05, 3.63) is 42.4 Å². The number of nitrogens with zero attached hydrogens (tertiary/aromatic N) is 2. The van der Waals surface area contributed by atoms with Crippen molar-refractivity contribution in [2.75, 3.05) is 12.8 Å². The largest absolute Gasteiger partial charge is 0.444 e. The van der Waals surface area contributed by atoms with Gasteiger partial charge in [-0.2, -0.15) is 0 Å². The molecule has 1 aromatic rings. The molecule has 0 radical (unpaired) electrons. The SMILES string of the molecule is C=C(C)N=C(NC(=O)OCc1cccnc1)SC.CCC(=O)NCCCCCC(=O)NO. The van der Waals surface area contributed by atoms with Crippen LogP contribution in [-0.2, 0) is 20.9 Å². The second-order valence-electron chi connectivity index (χ2n) is 6.47. The lowest BCUT2D eigenvalue weighted by Crippen LogP contribution is -2.28. The molecular weight excluding hydrogens is 434 g/mol. The number of carbonyl (C=O) groups excluding carboxylic acids is 3. The lowest BCUT2D eigenvalue weighted by atomic mass is 10.2. The summed E-state index contributed by atoms with van der Waals surface area (Å²) in [7, 11) is 0. The number of unbranched alkanes of at least 4 members (excludes halogenated alkanes) is 2. The van der Waals surface area contributed by atoms with Crippen LogP contribution < -0.4 is 16.1 Å². The minimum atomic E-state index is -0.548. The summed E-state index contributed by atoms with van der Waals surface area (Å²) in [5.41, 5.74) is 3.02. The molecule has 1 heterocycles. The Hall–Kier alpha value is -2.92. The molecular formula is C21H33N5O5S. The molecule has 0 aliphatic carbocycles. The van der Waals surface area contributed by atoms with E-state index in [2.05, 4.69) is 27.2 Å². The number of pyridine rings is 1. The second-order valence-corrected chi connectivity index (χ2v) is 7.26. The molecule has 3 amide bonds. The third kappa shape index (κ3) is 16.8. The van der Waals surface area contributed by atoms with E-state index in [1.807, 2.05) is 12.3 Å². The molecule has 0 fully saturated rings. The first-order valence-electron chi connectivity index (χ1n) is 10.1. The van der Waals surface area contributed by atoms with E-state index in [1.165, 1.54) is 11.8 Å². The summed E-state index contributed by atoms with van der Waals surface area (Å²) < 4.78 is 5.03. The van der Waals surface area contributed by atoms with Crippen molar-refractivity contribution in [2.24, 2.45) is 4.99 Å². The molecule has 0 saturated carbocycles. The second kappa shape index (κ2) is 18.8. The quantitative estimate of drug-likeness (QED) is 0.136. The highest BCUT2D eigenvalue weighted by Gasteiger charge is 2.06. The number of ether oxygens (including phenoxy) is 1. The van der Waals surface area contributed by atoms with Crippen LogP contribution in [0.5, 0.6) is 0 Å². The molecule has 11 heteroatoms. The van der Waals surface area contributed by atoms with E-state index >= 15 is 0 Å². The van der Waals surface area contributed by atoms with Crippen LogP contribution in [0.2, 0.25) is 0 Å². The zero-order valence-electron chi connectivity index (χ0n) is 18.8. The third-order valence-electron chi connectivity index (χ3n) is 3.64. The summed E-state index contributed by atoms with van der Waals surface area (Å²) in [6.45, 7) is 8.03. The number of amidine groups is 1. The van der Waals surface area contributed by atoms with Crippen LogP contribution in [-0.4, -0.2) is 46.1 Å². The van der Waals surface area contributed by atoms with Crippen molar-refractivity contribution >= 4 is 34.8 Å². The van der Waals surface area contributed by atoms with Crippen molar-refractivity contribution in [3.63, 3.8) is 0 Å². The third-order valence-corrected chi connectivity index (χ3v) is 4.22. The molecule has 1 aromatic heterocycles. The number of hydrogen-bond donors (Lipinski definition) is 4. The van der Waals surface area contributed by atoms with Crippen molar-refractivity contribution in [2.45, 2.75) is 52.6 Å². The zero-order chi connectivity index (χ0) is 24.2. The summed E-state index contributed by atoms with van der Waals surface area (Å²) >= 11 is 1.31. The van der Waals surface area contributed by atoms with E-state index in [9.17, 15) is 14.4 Å².